The van der Waals surface area contributed by atoms with E-state index < -0.39 is 0 Å². The molecule has 0 bridgehead atoms. The van der Waals surface area contributed by atoms with Crippen LogP contribution in [0.3, 0.4) is 0 Å². The molecule has 0 amide bonds. The Morgan fingerprint density at radius 2 is 0.633 bits per heavy atom. The summed E-state index contributed by atoms with van der Waals surface area (Å²) in [5, 5.41) is 0. The second-order valence-electron chi connectivity index (χ2n) is 6.96. The van der Waals surface area contributed by atoms with Gasteiger partial charge in [0.05, 0.1) is 0 Å². The molecule has 0 radical (unpaired) electrons. The Hall–Kier alpha value is -2.07. The fraction of sp³-hybridized carbons (Fsp3) is 0.111. The minimum Gasteiger partial charge on any atom is -0.121 e. The Morgan fingerprint density at radius 1 is 0.367 bits per heavy atom. The van der Waals surface area contributed by atoms with Gasteiger partial charge in [0, 0.05) is 31.9 Å². The molecule has 4 aromatic rings. The zero-order valence-corrected chi connectivity index (χ0v) is 19.2. The van der Waals surface area contributed by atoms with Gasteiger partial charge in [-0.25, -0.2) is 0 Å². The molecule has 0 unspecified atom stereocenters. The summed E-state index contributed by atoms with van der Waals surface area (Å²) in [5.41, 5.74) is 4.09. The molecule has 0 heterocycles. The summed E-state index contributed by atoms with van der Waals surface area (Å²) in [6, 6.07) is 39.1. The minimum absolute atomic E-state index is 0.996. The predicted octanol–water partition coefficient (Wildman–Crippen LogP) is 8.56. The van der Waals surface area contributed by atoms with E-state index in [2.05, 4.69) is 109 Å². The van der Waals surface area contributed by atoms with E-state index in [1.54, 1.807) is 0 Å². The minimum atomic E-state index is 0.996. The van der Waals surface area contributed by atoms with Crippen molar-refractivity contribution in [3.05, 3.63) is 126 Å². The van der Waals surface area contributed by atoms with Crippen molar-refractivity contribution in [2.45, 2.75) is 31.9 Å². The molecule has 0 atom stereocenters. The van der Waals surface area contributed by atoms with Crippen LogP contribution >= 0.6 is 35.3 Å². The van der Waals surface area contributed by atoms with Crippen molar-refractivity contribution in [2.75, 3.05) is 0 Å². The predicted molar refractivity (Wildman–Crippen MR) is 134 cm³/mol. The fourth-order valence-electron chi connectivity index (χ4n) is 3.02. The van der Waals surface area contributed by atoms with Gasteiger partial charge in [0.2, 0.25) is 0 Å². The lowest BCUT2D eigenvalue weighted by Gasteiger charge is -2.10. The largest absolute Gasteiger partial charge is 0.121 e. The molecule has 0 aliphatic carbocycles. The van der Waals surface area contributed by atoms with Crippen molar-refractivity contribution in [3.8, 4) is 0 Å². The first-order chi connectivity index (χ1) is 14.8. The van der Waals surface area contributed by atoms with Crippen molar-refractivity contribution in [1.29, 1.82) is 0 Å². The third kappa shape index (κ3) is 6.73. The van der Waals surface area contributed by atoms with E-state index in [9.17, 15) is 0 Å². The topological polar surface area (TPSA) is 0 Å². The van der Waals surface area contributed by atoms with Crippen LogP contribution in [0.1, 0.15) is 16.7 Å². The van der Waals surface area contributed by atoms with Crippen LogP contribution in [0.4, 0.5) is 0 Å². The quantitative estimate of drug-likeness (QED) is 0.237. The van der Waals surface area contributed by atoms with Gasteiger partial charge in [-0.2, -0.15) is 0 Å². The highest BCUT2D eigenvalue weighted by molar-refractivity contribution is 8.00. The van der Waals surface area contributed by atoms with Gasteiger partial charge in [-0.05, 0) is 34.9 Å². The van der Waals surface area contributed by atoms with Crippen molar-refractivity contribution in [1.82, 2.24) is 0 Å². The highest BCUT2D eigenvalue weighted by atomic mass is 32.2. The first-order valence-corrected chi connectivity index (χ1v) is 13.0. The molecule has 0 N–H and O–H groups in total. The number of rotatable bonds is 9. The maximum absolute atomic E-state index is 2.34. The van der Waals surface area contributed by atoms with Crippen molar-refractivity contribution < 1.29 is 0 Å². The van der Waals surface area contributed by atoms with E-state index in [4.69, 9.17) is 0 Å². The molecule has 0 aromatic heterocycles. The molecule has 150 valence electrons. The molecule has 0 nitrogen and oxygen atoms in total. The first kappa shape index (κ1) is 21.2. The molecule has 4 aromatic carbocycles. The van der Waals surface area contributed by atoms with Crippen LogP contribution in [0.15, 0.2) is 124 Å². The molecule has 0 aliphatic rings. The molecule has 3 heteroatoms. The third-order valence-electron chi connectivity index (χ3n) is 4.60. The van der Waals surface area contributed by atoms with E-state index in [1.165, 1.54) is 31.4 Å². The lowest BCUT2D eigenvalue weighted by Crippen LogP contribution is -1.85. The van der Waals surface area contributed by atoms with Crippen LogP contribution < -0.4 is 0 Å². The Balaban J connectivity index is 1.48. The van der Waals surface area contributed by atoms with Crippen LogP contribution in [-0.2, 0) is 17.3 Å². The van der Waals surface area contributed by atoms with Crippen LogP contribution in [-0.4, -0.2) is 0 Å². The van der Waals surface area contributed by atoms with Gasteiger partial charge >= 0.3 is 0 Å². The maximum atomic E-state index is 2.34. The zero-order valence-electron chi connectivity index (χ0n) is 16.7. The SMILES string of the molecule is c1ccc(CSc2cc(SCc3ccccc3)cc(SCc3ccccc3)c2)cc1. The van der Waals surface area contributed by atoms with Crippen molar-refractivity contribution >= 4 is 35.3 Å². The average Bonchev–Trinajstić information content (AvgIpc) is 2.82. The molecule has 0 saturated carbocycles. The number of thioether (sulfide) groups is 3. The Labute approximate surface area is 192 Å². The zero-order chi connectivity index (χ0) is 20.4. The molecule has 4 rings (SSSR count). The average molecular weight is 445 g/mol. The number of hydrogen-bond acceptors (Lipinski definition) is 3. The van der Waals surface area contributed by atoms with Crippen LogP contribution in [0.25, 0.3) is 0 Å². The van der Waals surface area contributed by atoms with E-state index in [-0.39, 0.29) is 0 Å². The highest BCUT2D eigenvalue weighted by Crippen LogP contribution is 2.35. The maximum Gasteiger partial charge on any atom is 0.0232 e. The highest BCUT2D eigenvalue weighted by Gasteiger charge is 2.06. The summed E-state index contributed by atoms with van der Waals surface area (Å²) in [7, 11) is 0. The van der Waals surface area contributed by atoms with Gasteiger partial charge in [0.1, 0.15) is 0 Å². The van der Waals surface area contributed by atoms with Gasteiger partial charge in [-0.15, -0.1) is 35.3 Å². The summed E-state index contributed by atoms with van der Waals surface area (Å²) in [4.78, 5) is 4.02. The second-order valence-corrected chi connectivity index (χ2v) is 10.1. The normalized spacial score (nSPS) is 10.8. The second kappa shape index (κ2) is 11.4. The Kier molecular flexibility index (Phi) is 8.02. The van der Waals surface area contributed by atoms with Gasteiger partial charge in [0.15, 0.2) is 0 Å². The Bertz CT molecular complexity index is 882. The Morgan fingerprint density at radius 3 is 0.900 bits per heavy atom. The monoisotopic (exact) mass is 444 g/mol. The molecule has 0 aliphatic heterocycles. The fourth-order valence-corrected chi connectivity index (χ4v) is 6.08. The van der Waals surface area contributed by atoms with Crippen LogP contribution in [0.2, 0.25) is 0 Å². The van der Waals surface area contributed by atoms with Gasteiger partial charge in [-0.3, -0.25) is 0 Å². The summed E-state index contributed by atoms with van der Waals surface area (Å²) in [6.45, 7) is 0. The van der Waals surface area contributed by atoms with Gasteiger partial charge < -0.3 is 0 Å². The third-order valence-corrected chi connectivity index (χ3v) is 7.74. The molecule has 0 fully saturated rings. The smallest absolute Gasteiger partial charge is 0.0232 e. The van der Waals surface area contributed by atoms with Crippen molar-refractivity contribution in [3.63, 3.8) is 0 Å². The lowest BCUT2D eigenvalue weighted by molar-refractivity contribution is 1.22. The number of benzene rings is 4. The lowest BCUT2D eigenvalue weighted by atomic mass is 10.2. The number of hydrogen-bond donors (Lipinski definition) is 0. The summed E-state index contributed by atoms with van der Waals surface area (Å²) >= 11 is 5.76. The summed E-state index contributed by atoms with van der Waals surface area (Å²) in [6.07, 6.45) is 0. The van der Waals surface area contributed by atoms with E-state index in [0.29, 0.717) is 0 Å². The van der Waals surface area contributed by atoms with E-state index >= 15 is 0 Å². The van der Waals surface area contributed by atoms with E-state index in [1.807, 2.05) is 35.3 Å². The van der Waals surface area contributed by atoms with Crippen LogP contribution in [0, 0.1) is 0 Å². The first-order valence-electron chi connectivity index (χ1n) is 10.0. The van der Waals surface area contributed by atoms with Gasteiger partial charge in [0.25, 0.3) is 0 Å². The van der Waals surface area contributed by atoms with Gasteiger partial charge in [-0.1, -0.05) is 91.0 Å². The molecule has 30 heavy (non-hydrogen) atoms. The standard InChI is InChI=1S/C27H24S3/c1-4-10-22(11-5-1)19-28-25-16-26(29-20-23-12-6-2-7-13-23)18-27(17-25)30-21-24-14-8-3-9-15-24/h1-18H,19-21H2. The molecule has 0 saturated heterocycles. The van der Waals surface area contributed by atoms with Crippen LogP contribution in [0.5, 0.6) is 0 Å². The van der Waals surface area contributed by atoms with E-state index in [0.717, 1.165) is 17.3 Å². The molecular formula is C27H24S3. The molecule has 0 spiro atoms. The molecular weight excluding hydrogens is 420 g/mol. The summed E-state index contributed by atoms with van der Waals surface area (Å²) < 4.78 is 0. The van der Waals surface area contributed by atoms with Crippen molar-refractivity contribution in [2.24, 2.45) is 0 Å². The summed E-state index contributed by atoms with van der Waals surface area (Å²) in [5.74, 6) is 2.99.